The predicted molar refractivity (Wildman–Crippen MR) is 101 cm³/mol. The van der Waals surface area contributed by atoms with Crippen LogP contribution >= 0.6 is 12.4 Å². The summed E-state index contributed by atoms with van der Waals surface area (Å²) in [5.74, 6) is 0.0701. The number of benzene rings is 1. The molecule has 3 aliphatic rings. The Morgan fingerprint density at radius 3 is 2.58 bits per heavy atom. The molecule has 26 heavy (non-hydrogen) atoms. The molecule has 3 aliphatic heterocycles. The van der Waals surface area contributed by atoms with Gasteiger partial charge < -0.3 is 5.32 Å². The third kappa shape index (κ3) is 3.53. The molecule has 0 amide bonds. The van der Waals surface area contributed by atoms with Gasteiger partial charge in [0.1, 0.15) is 0 Å². The van der Waals surface area contributed by atoms with E-state index in [1.165, 1.54) is 10.4 Å². The summed E-state index contributed by atoms with van der Waals surface area (Å²) in [7, 11) is -6.99. The first-order chi connectivity index (χ1) is 11.9. The van der Waals surface area contributed by atoms with Crippen molar-refractivity contribution in [2.24, 2.45) is 0 Å². The number of aryl methyl sites for hydroxylation is 1. The summed E-state index contributed by atoms with van der Waals surface area (Å²) in [4.78, 5) is 2.63. The number of sulfone groups is 1. The van der Waals surface area contributed by atoms with E-state index in [2.05, 4.69) is 10.2 Å². The molecule has 0 aromatic heterocycles. The molecule has 0 aliphatic carbocycles. The molecule has 10 heteroatoms. The van der Waals surface area contributed by atoms with Crippen molar-refractivity contribution in [3.05, 3.63) is 23.8 Å². The zero-order chi connectivity index (χ0) is 17.7. The van der Waals surface area contributed by atoms with Gasteiger partial charge in [0.15, 0.2) is 9.84 Å². The maximum atomic E-state index is 13.0. The second-order valence-electron chi connectivity index (χ2n) is 6.93. The lowest BCUT2D eigenvalue weighted by Gasteiger charge is -2.32. The minimum Gasteiger partial charge on any atom is -0.314 e. The van der Waals surface area contributed by atoms with Crippen LogP contribution in [0.3, 0.4) is 0 Å². The number of halogens is 1. The van der Waals surface area contributed by atoms with E-state index in [1.54, 1.807) is 12.1 Å². The summed E-state index contributed by atoms with van der Waals surface area (Å²) < 4.78 is 51.6. The highest BCUT2D eigenvalue weighted by Gasteiger charge is 2.36. The smallest absolute Gasteiger partial charge is 0.243 e. The molecular weight excluding hydrogens is 398 g/mol. The van der Waals surface area contributed by atoms with Gasteiger partial charge in [0.25, 0.3) is 0 Å². The zero-order valence-corrected chi connectivity index (χ0v) is 16.9. The Labute approximate surface area is 161 Å². The summed E-state index contributed by atoms with van der Waals surface area (Å²) in [6.45, 7) is 4.72. The first kappa shape index (κ1) is 20.0. The fourth-order valence-corrected chi connectivity index (χ4v) is 7.15. The van der Waals surface area contributed by atoms with Crippen LogP contribution in [0.5, 0.6) is 0 Å². The molecule has 0 spiro atoms. The van der Waals surface area contributed by atoms with Gasteiger partial charge in [0, 0.05) is 45.3 Å². The van der Waals surface area contributed by atoms with Crippen molar-refractivity contribution in [2.45, 2.75) is 28.7 Å². The Kier molecular flexibility index (Phi) is 5.68. The van der Waals surface area contributed by atoms with E-state index < -0.39 is 19.9 Å². The minimum absolute atomic E-state index is 0. The molecule has 2 fully saturated rings. The van der Waals surface area contributed by atoms with E-state index in [9.17, 15) is 16.8 Å². The average molecular weight is 422 g/mol. The normalized spacial score (nSPS) is 26.4. The number of sulfonamides is 1. The molecule has 1 aromatic rings. The van der Waals surface area contributed by atoms with Crippen molar-refractivity contribution < 1.29 is 16.8 Å². The summed E-state index contributed by atoms with van der Waals surface area (Å²) in [6, 6.07) is 4.80. The van der Waals surface area contributed by atoms with E-state index in [0.29, 0.717) is 19.5 Å². The average Bonchev–Trinajstić information content (AvgIpc) is 3.21. The monoisotopic (exact) mass is 421 g/mol. The summed E-state index contributed by atoms with van der Waals surface area (Å²) in [5, 5.41) is 3.31. The van der Waals surface area contributed by atoms with Gasteiger partial charge in [-0.05, 0) is 30.5 Å². The van der Waals surface area contributed by atoms with Gasteiger partial charge in [-0.25, -0.2) is 16.8 Å². The molecule has 2 saturated heterocycles. The SMILES string of the molecule is Cl.O=S1(=O)CCc2ccc(S(=O)(=O)N3CCC(N4CCNCC4)C3)cc21. The lowest BCUT2D eigenvalue weighted by molar-refractivity contribution is 0.179. The van der Waals surface area contributed by atoms with E-state index in [4.69, 9.17) is 0 Å². The highest BCUT2D eigenvalue weighted by Crippen LogP contribution is 2.30. The van der Waals surface area contributed by atoms with Crippen LogP contribution in [0.2, 0.25) is 0 Å². The highest BCUT2D eigenvalue weighted by molar-refractivity contribution is 7.92. The second-order valence-corrected chi connectivity index (χ2v) is 10.9. The molecule has 7 nitrogen and oxygen atoms in total. The molecule has 1 unspecified atom stereocenters. The van der Waals surface area contributed by atoms with Crippen molar-refractivity contribution in [3.8, 4) is 0 Å². The van der Waals surface area contributed by atoms with Crippen LogP contribution in [0.15, 0.2) is 28.0 Å². The molecule has 1 atom stereocenters. The van der Waals surface area contributed by atoms with Crippen molar-refractivity contribution in [2.75, 3.05) is 45.0 Å². The van der Waals surface area contributed by atoms with Crippen LogP contribution in [0.1, 0.15) is 12.0 Å². The standard InChI is InChI=1S/C16H23N3O4S2.ClH/c20-24(21)10-4-13-1-2-15(11-16(13)24)25(22,23)19-7-3-14(12-19)18-8-5-17-6-9-18;/h1-2,11,14,17H,3-10,12H2;1H. The predicted octanol–water partition coefficient (Wildman–Crippen LogP) is 0.106. The molecule has 0 bridgehead atoms. The van der Waals surface area contributed by atoms with E-state index >= 15 is 0 Å². The lowest BCUT2D eigenvalue weighted by atomic mass is 10.2. The Morgan fingerprint density at radius 1 is 1.12 bits per heavy atom. The van der Waals surface area contributed by atoms with Crippen molar-refractivity contribution in [1.29, 1.82) is 0 Å². The molecular formula is C16H24ClN3O4S2. The van der Waals surface area contributed by atoms with E-state index in [-0.39, 0.29) is 34.0 Å². The van der Waals surface area contributed by atoms with Crippen molar-refractivity contribution >= 4 is 32.3 Å². The number of fused-ring (bicyclic) bond motifs is 1. The largest absolute Gasteiger partial charge is 0.314 e. The first-order valence-corrected chi connectivity index (χ1v) is 11.8. The number of hydrogen-bond donors (Lipinski definition) is 1. The molecule has 1 aromatic carbocycles. The molecule has 3 heterocycles. The Hall–Kier alpha value is -0.710. The van der Waals surface area contributed by atoms with Gasteiger partial charge >= 0.3 is 0 Å². The van der Waals surface area contributed by atoms with Crippen molar-refractivity contribution in [1.82, 2.24) is 14.5 Å². The van der Waals surface area contributed by atoms with Gasteiger partial charge in [0.2, 0.25) is 10.0 Å². The fourth-order valence-electron chi connectivity index (χ4n) is 3.97. The van der Waals surface area contributed by atoms with Crippen LogP contribution in [0.25, 0.3) is 0 Å². The number of nitrogens with one attached hydrogen (secondary N) is 1. The van der Waals surface area contributed by atoms with Gasteiger partial charge in [-0.1, -0.05) is 6.07 Å². The van der Waals surface area contributed by atoms with Crippen LogP contribution in [-0.2, 0) is 26.3 Å². The second kappa shape index (κ2) is 7.37. The van der Waals surface area contributed by atoms with Crippen molar-refractivity contribution in [3.63, 3.8) is 0 Å². The molecule has 4 rings (SSSR count). The van der Waals surface area contributed by atoms with Gasteiger partial charge in [-0.2, -0.15) is 4.31 Å². The van der Waals surface area contributed by atoms with Crippen LogP contribution < -0.4 is 5.32 Å². The lowest BCUT2D eigenvalue weighted by Crippen LogP contribution is -2.49. The van der Waals surface area contributed by atoms with Crippen LogP contribution in [-0.4, -0.2) is 77.1 Å². The Balaban J connectivity index is 0.00000196. The number of hydrogen-bond acceptors (Lipinski definition) is 6. The van der Waals surface area contributed by atoms with Gasteiger partial charge in [-0.15, -0.1) is 12.4 Å². The molecule has 146 valence electrons. The molecule has 0 radical (unpaired) electrons. The molecule has 0 saturated carbocycles. The van der Waals surface area contributed by atoms with Gasteiger partial charge in [0.05, 0.1) is 15.5 Å². The van der Waals surface area contributed by atoms with Crippen LogP contribution in [0.4, 0.5) is 0 Å². The van der Waals surface area contributed by atoms with Gasteiger partial charge in [-0.3, -0.25) is 4.90 Å². The van der Waals surface area contributed by atoms with E-state index in [0.717, 1.165) is 38.2 Å². The van der Waals surface area contributed by atoms with Crippen LogP contribution in [0, 0.1) is 0 Å². The maximum Gasteiger partial charge on any atom is 0.243 e. The fraction of sp³-hybridized carbons (Fsp3) is 0.625. The topological polar surface area (TPSA) is 86.8 Å². The quantitative estimate of drug-likeness (QED) is 0.745. The zero-order valence-electron chi connectivity index (χ0n) is 14.4. The molecule has 1 N–H and O–H groups in total. The third-order valence-electron chi connectivity index (χ3n) is 5.45. The Bertz CT molecular complexity index is 883. The summed E-state index contributed by atoms with van der Waals surface area (Å²) >= 11 is 0. The van der Waals surface area contributed by atoms with E-state index in [1.807, 2.05) is 0 Å². The minimum atomic E-state index is -3.66. The third-order valence-corrected chi connectivity index (χ3v) is 9.10. The summed E-state index contributed by atoms with van der Waals surface area (Å²) in [6.07, 6.45) is 1.29. The first-order valence-electron chi connectivity index (χ1n) is 8.68. The number of piperazine rings is 1. The Morgan fingerprint density at radius 2 is 1.85 bits per heavy atom. The number of rotatable bonds is 3. The highest BCUT2D eigenvalue weighted by atomic mass is 35.5. The maximum absolute atomic E-state index is 13.0. The summed E-state index contributed by atoms with van der Waals surface area (Å²) in [5.41, 5.74) is 0.721. The number of nitrogens with zero attached hydrogens (tertiary/aromatic N) is 2.